The lowest BCUT2D eigenvalue weighted by molar-refractivity contribution is -0.133. The van der Waals surface area contributed by atoms with Gasteiger partial charge in [-0.25, -0.2) is 4.79 Å². The Morgan fingerprint density at radius 2 is 1.56 bits per heavy atom. The van der Waals surface area contributed by atoms with Gasteiger partial charge in [0.15, 0.2) is 0 Å². The van der Waals surface area contributed by atoms with Crippen molar-refractivity contribution >= 4 is 34.7 Å². The number of alkyl carbamates (subject to hydrolysis) is 1. The van der Waals surface area contributed by atoms with E-state index in [1.165, 1.54) is 6.92 Å². The second kappa shape index (κ2) is 13.4. The predicted molar refractivity (Wildman–Crippen MR) is 145 cm³/mol. The molecule has 0 fully saturated rings. The lowest BCUT2D eigenvalue weighted by Crippen LogP contribution is -2.59. The van der Waals surface area contributed by atoms with Gasteiger partial charge in [0, 0.05) is 23.5 Å². The smallest absolute Gasteiger partial charge is 0.408 e. The van der Waals surface area contributed by atoms with E-state index >= 15 is 0 Å². The molecule has 0 unspecified atom stereocenters. The monoisotopic (exact) mass is 537 g/mol. The highest BCUT2D eigenvalue weighted by Gasteiger charge is 2.32. The number of aliphatic hydroxyl groups is 1. The van der Waals surface area contributed by atoms with E-state index in [1.54, 1.807) is 44.3 Å². The van der Waals surface area contributed by atoms with E-state index in [4.69, 9.17) is 10.5 Å². The average molecular weight is 538 g/mol. The fourth-order valence-corrected chi connectivity index (χ4v) is 4.11. The fraction of sp³-hybridized carbons (Fsp3) is 0.357. The number of aromatic amines is 1. The van der Waals surface area contributed by atoms with Crippen molar-refractivity contribution in [2.24, 2.45) is 11.7 Å². The van der Waals surface area contributed by atoms with Crippen LogP contribution in [0.25, 0.3) is 10.9 Å². The van der Waals surface area contributed by atoms with Crippen molar-refractivity contribution in [3.8, 4) is 0 Å². The first kappa shape index (κ1) is 29.2. The molecule has 208 valence electrons. The molecular weight excluding hydrogens is 502 g/mol. The molecule has 0 aliphatic heterocycles. The van der Waals surface area contributed by atoms with Crippen LogP contribution in [0.15, 0.2) is 60.8 Å². The second-order valence-electron chi connectivity index (χ2n) is 9.68. The Bertz CT molecular complexity index is 1290. The van der Waals surface area contributed by atoms with Crippen LogP contribution in [0.1, 0.15) is 31.9 Å². The van der Waals surface area contributed by atoms with Gasteiger partial charge in [-0.3, -0.25) is 14.4 Å². The molecule has 0 spiro atoms. The van der Waals surface area contributed by atoms with Crippen LogP contribution in [0.4, 0.5) is 4.79 Å². The maximum Gasteiger partial charge on any atom is 0.408 e. The Labute approximate surface area is 226 Å². The van der Waals surface area contributed by atoms with Gasteiger partial charge in [-0.2, -0.15) is 0 Å². The average Bonchev–Trinajstić information content (AvgIpc) is 3.31. The zero-order chi connectivity index (χ0) is 28.5. The maximum absolute atomic E-state index is 13.3. The fourth-order valence-electron chi connectivity index (χ4n) is 4.11. The summed E-state index contributed by atoms with van der Waals surface area (Å²) in [6, 6.07) is 12.9. The number of nitrogens with two attached hydrogens (primary N) is 1. The Kier molecular flexibility index (Phi) is 10.0. The van der Waals surface area contributed by atoms with E-state index in [0.29, 0.717) is 0 Å². The van der Waals surface area contributed by atoms with Gasteiger partial charge in [0.25, 0.3) is 0 Å². The Balaban J connectivity index is 1.77. The van der Waals surface area contributed by atoms with Crippen LogP contribution in [-0.4, -0.2) is 58.1 Å². The van der Waals surface area contributed by atoms with Crippen LogP contribution in [0.3, 0.4) is 0 Å². The largest absolute Gasteiger partial charge is 0.445 e. The number of primary amides is 1. The number of rotatable bonds is 12. The lowest BCUT2D eigenvalue weighted by atomic mass is 10.0. The van der Waals surface area contributed by atoms with Gasteiger partial charge in [0.2, 0.25) is 17.7 Å². The molecule has 11 nitrogen and oxygen atoms in total. The number of carbonyl (C=O) groups excluding carboxylic acids is 4. The number of carbonyl (C=O) groups is 4. The van der Waals surface area contributed by atoms with Crippen molar-refractivity contribution in [1.82, 2.24) is 20.9 Å². The summed E-state index contributed by atoms with van der Waals surface area (Å²) < 4.78 is 5.17. The highest BCUT2D eigenvalue weighted by Crippen LogP contribution is 2.19. The van der Waals surface area contributed by atoms with Gasteiger partial charge in [-0.1, -0.05) is 62.4 Å². The number of amides is 4. The van der Waals surface area contributed by atoms with Crippen molar-refractivity contribution in [1.29, 1.82) is 0 Å². The van der Waals surface area contributed by atoms with Gasteiger partial charge in [-0.15, -0.1) is 0 Å². The number of H-pyrrole nitrogens is 1. The van der Waals surface area contributed by atoms with Gasteiger partial charge in [-0.05, 0) is 30.0 Å². The zero-order valence-corrected chi connectivity index (χ0v) is 22.1. The summed E-state index contributed by atoms with van der Waals surface area (Å²) in [5.41, 5.74) is 7.81. The summed E-state index contributed by atoms with van der Waals surface area (Å²) in [5.74, 6) is -2.44. The number of hydrogen-bond acceptors (Lipinski definition) is 6. The van der Waals surface area contributed by atoms with E-state index < -0.39 is 48.0 Å². The summed E-state index contributed by atoms with van der Waals surface area (Å²) in [6.07, 6.45) is -0.418. The molecule has 0 aliphatic rings. The molecule has 39 heavy (non-hydrogen) atoms. The van der Waals surface area contributed by atoms with Crippen LogP contribution in [0.2, 0.25) is 0 Å². The van der Waals surface area contributed by atoms with Crippen LogP contribution in [0.5, 0.6) is 0 Å². The van der Waals surface area contributed by atoms with Crippen LogP contribution in [0, 0.1) is 5.92 Å². The molecule has 4 atom stereocenters. The molecule has 3 rings (SSSR count). The third-order valence-electron chi connectivity index (χ3n) is 6.25. The topological polar surface area (TPSA) is 176 Å². The number of fused-ring (bicyclic) bond motifs is 1. The minimum Gasteiger partial charge on any atom is -0.445 e. The van der Waals surface area contributed by atoms with Gasteiger partial charge < -0.3 is 36.5 Å². The molecule has 2 aromatic carbocycles. The number of aromatic nitrogens is 1. The Hall–Kier alpha value is -4.38. The van der Waals surface area contributed by atoms with Gasteiger partial charge >= 0.3 is 6.09 Å². The molecule has 0 saturated carbocycles. The number of benzene rings is 2. The molecule has 0 bridgehead atoms. The number of aliphatic hydroxyl groups excluding tert-OH is 1. The highest BCUT2D eigenvalue weighted by atomic mass is 16.5. The van der Waals surface area contributed by atoms with Gasteiger partial charge in [0.1, 0.15) is 24.7 Å². The summed E-state index contributed by atoms with van der Waals surface area (Å²) in [6.45, 7) is 4.77. The first-order valence-electron chi connectivity index (χ1n) is 12.7. The normalized spacial score (nSPS) is 14.2. The standard InChI is InChI=1S/C28H35N5O6/c1-16(2)23(25(29)35)32-26(36)22(13-19-14-30-21-12-8-7-11-20(19)21)31-27(37)24(17(3)34)33-28(38)39-15-18-9-5-4-6-10-18/h4-12,14,16-17,22-24,30,34H,13,15H2,1-3H3,(H2,29,35)(H,31,37)(H,32,36)(H,33,38)/t17-,22+,23+,24+/m1/s1. The molecule has 0 aliphatic carbocycles. The Morgan fingerprint density at radius 1 is 0.897 bits per heavy atom. The first-order valence-corrected chi connectivity index (χ1v) is 12.7. The molecule has 7 N–H and O–H groups in total. The zero-order valence-electron chi connectivity index (χ0n) is 22.1. The lowest BCUT2D eigenvalue weighted by Gasteiger charge is -2.26. The Morgan fingerprint density at radius 3 is 2.21 bits per heavy atom. The van der Waals surface area contributed by atoms with Crippen LogP contribution < -0.4 is 21.7 Å². The van der Waals surface area contributed by atoms with Crippen molar-refractivity contribution in [2.75, 3.05) is 0 Å². The van der Waals surface area contributed by atoms with E-state index in [9.17, 15) is 24.3 Å². The van der Waals surface area contributed by atoms with E-state index in [0.717, 1.165) is 22.0 Å². The molecule has 4 amide bonds. The first-order chi connectivity index (χ1) is 18.6. The van der Waals surface area contributed by atoms with Gasteiger partial charge in [0.05, 0.1) is 6.10 Å². The van der Waals surface area contributed by atoms with Crippen molar-refractivity contribution in [3.63, 3.8) is 0 Å². The maximum atomic E-state index is 13.3. The number of nitrogens with one attached hydrogen (secondary N) is 4. The van der Waals surface area contributed by atoms with Crippen molar-refractivity contribution in [2.45, 2.75) is 58.0 Å². The number of para-hydroxylation sites is 1. The molecule has 3 aromatic rings. The van der Waals surface area contributed by atoms with Crippen molar-refractivity contribution in [3.05, 3.63) is 71.9 Å². The molecule has 11 heteroatoms. The minimum atomic E-state index is -1.41. The third kappa shape index (κ3) is 8.05. The minimum absolute atomic E-state index is 0.0316. The van der Waals surface area contributed by atoms with Crippen LogP contribution >= 0.6 is 0 Å². The van der Waals surface area contributed by atoms with E-state index in [2.05, 4.69) is 20.9 Å². The summed E-state index contributed by atoms with van der Waals surface area (Å²) in [7, 11) is 0. The molecule has 0 saturated heterocycles. The molecular formula is C28H35N5O6. The second-order valence-corrected chi connectivity index (χ2v) is 9.68. The SMILES string of the molecule is CC(C)[C@H](NC(=O)[C@H](Cc1c[nH]c2ccccc12)NC(=O)[C@@H](NC(=O)OCc1ccccc1)[C@@H](C)O)C(N)=O. The quantitative estimate of drug-likeness (QED) is 0.204. The van der Waals surface area contributed by atoms with E-state index in [1.807, 2.05) is 30.3 Å². The van der Waals surface area contributed by atoms with Crippen LogP contribution in [-0.2, 0) is 32.1 Å². The van der Waals surface area contributed by atoms with E-state index in [-0.39, 0.29) is 18.9 Å². The summed E-state index contributed by atoms with van der Waals surface area (Å²) in [4.78, 5) is 54.0. The number of ether oxygens (including phenoxy) is 1. The third-order valence-corrected chi connectivity index (χ3v) is 6.25. The predicted octanol–water partition coefficient (Wildman–Crippen LogP) is 1.50. The molecule has 1 heterocycles. The molecule has 1 aromatic heterocycles. The highest BCUT2D eigenvalue weighted by molar-refractivity contribution is 5.94. The number of hydrogen-bond donors (Lipinski definition) is 6. The summed E-state index contributed by atoms with van der Waals surface area (Å²) in [5, 5.41) is 18.7. The molecule has 0 radical (unpaired) electrons. The van der Waals surface area contributed by atoms with Crippen molar-refractivity contribution < 1.29 is 29.0 Å². The summed E-state index contributed by atoms with van der Waals surface area (Å²) >= 11 is 0.